The molecule has 8 nitrogen and oxygen atoms in total. The number of fused-ring (bicyclic) bond motifs is 1. The summed E-state index contributed by atoms with van der Waals surface area (Å²) in [7, 11) is 3.17. The molecule has 196 valence electrons. The lowest BCUT2D eigenvalue weighted by Gasteiger charge is -2.38. The Morgan fingerprint density at radius 3 is 2.41 bits per heavy atom. The summed E-state index contributed by atoms with van der Waals surface area (Å²) in [4.78, 5) is 30.3. The molecule has 0 saturated heterocycles. The maximum Gasteiger partial charge on any atom is 0.322 e. The summed E-state index contributed by atoms with van der Waals surface area (Å²) in [6.45, 7) is 6.19. The third kappa shape index (κ3) is 6.14. The Labute approximate surface area is 218 Å². The molecule has 0 bridgehead atoms. The van der Waals surface area contributed by atoms with Crippen LogP contribution in [-0.2, 0) is 16.1 Å². The summed E-state index contributed by atoms with van der Waals surface area (Å²) < 4.78 is 12.6. The first kappa shape index (κ1) is 26.3. The first-order valence-corrected chi connectivity index (χ1v) is 12.6. The van der Waals surface area contributed by atoms with E-state index in [1.165, 1.54) is 10.5 Å². The standard InChI is InChI=1S/C29H36N4O4/c1-21(2)22-7-9-23(10-8-22)28-26-6-5-15-31(26)16-17-33(28)27(34)20-32(18-19-36-3)29(35)30-24-11-13-25(37-4)14-12-24/h5-15,21,28H,16-20H2,1-4H3,(H,30,35). The molecule has 2 heterocycles. The van der Waals surface area contributed by atoms with Crippen LogP contribution in [-0.4, -0.2) is 66.8 Å². The van der Waals surface area contributed by atoms with Crippen LogP contribution in [0.5, 0.6) is 5.75 Å². The van der Waals surface area contributed by atoms with Gasteiger partial charge in [-0.3, -0.25) is 4.79 Å². The molecule has 0 fully saturated rings. The molecule has 1 aliphatic heterocycles. The van der Waals surface area contributed by atoms with E-state index in [9.17, 15) is 9.59 Å². The minimum Gasteiger partial charge on any atom is -0.497 e. The Morgan fingerprint density at radius 1 is 1.03 bits per heavy atom. The van der Waals surface area contributed by atoms with Crippen LogP contribution < -0.4 is 10.1 Å². The minimum absolute atomic E-state index is 0.0490. The van der Waals surface area contributed by atoms with E-state index in [4.69, 9.17) is 9.47 Å². The minimum atomic E-state index is -0.353. The van der Waals surface area contributed by atoms with Crippen LogP contribution in [0.25, 0.3) is 0 Å². The van der Waals surface area contributed by atoms with Gasteiger partial charge < -0.3 is 29.2 Å². The molecule has 0 radical (unpaired) electrons. The van der Waals surface area contributed by atoms with Crippen LogP contribution in [0.3, 0.4) is 0 Å². The monoisotopic (exact) mass is 504 g/mol. The highest BCUT2D eigenvalue weighted by Crippen LogP contribution is 2.33. The number of carbonyl (C=O) groups is 2. The number of hydrogen-bond acceptors (Lipinski definition) is 4. The molecule has 4 rings (SSSR count). The topological polar surface area (TPSA) is 76.0 Å². The second-order valence-corrected chi connectivity index (χ2v) is 9.51. The Bertz CT molecular complexity index is 1190. The Morgan fingerprint density at radius 2 is 1.76 bits per heavy atom. The number of nitrogens with one attached hydrogen (secondary N) is 1. The van der Waals surface area contributed by atoms with E-state index in [0.717, 1.165) is 11.3 Å². The highest BCUT2D eigenvalue weighted by molar-refractivity contribution is 5.92. The number of anilines is 1. The van der Waals surface area contributed by atoms with Crippen LogP contribution in [0.15, 0.2) is 66.9 Å². The van der Waals surface area contributed by atoms with Crippen molar-refractivity contribution in [1.82, 2.24) is 14.4 Å². The summed E-state index contributed by atoms with van der Waals surface area (Å²) in [6, 6.07) is 19.1. The van der Waals surface area contributed by atoms with Gasteiger partial charge in [-0.2, -0.15) is 0 Å². The lowest BCUT2D eigenvalue weighted by molar-refractivity contribution is -0.134. The van der Waals surface area contributed by atoms with Crippen LogP contribution in [0, 0.1) is 0 Å². The molecule has 1 N–H and O–H groups in total. The molecular weight excluding hydrogens is 468 g/mol. The van der Waals surface area contributed by atoms with E-state index in [1.54, 1.807) is 38.5 Å². The SMILES string of the molecule is COCCN(CC(=O)N1CCn2cccc2C1c1ccc(C(C)C)cc1)C(=O)Nc1ccc(OC)cc1. The summed E-state index contributed by atoms with van der Waals surface area (Å²) in [5.74, 6) is 1.03. The third-order valence-corrected chi connectivity index (χ3v) is 6.80. The van der Waals surface area contributed by atoms with Gasteiger partial charge in [0.05, 0.1) is 19.8 Å². The molecule has 0 aliphatic carbocycles. The zero-order valence-corrected chi connectivity index (χ0v) is 22.0. The van der Waals surface area contributed by atoms with Crippen LogP contribution in [0.1, 0.15) is 42.6 Å². The highest BCUT2D eigenvalue weighted by atomic mass is 16.5. The zero-order valence-electron chi connectivity index (χ0n) is 22.0. The normalized spacial score (nSPS) is 14.8. The fourth-order valence-electron chi connectivity index (χ4n) is 4.65. The number of carbonyl (C=O) groups excluding carboxylic acids is 2. The van der Waals surface area contributed by atoms with E-state index in [2.05, 4.69) is 60.3 Å². The Kier molecular flexibility index (Phi) is 8.50. The zero-order chi connectivity index (χ0) is 26.4. The predicted molar refractivity (Wildman–Crippen MR) is 144 cm³/mol. The summed E-state index contributed by atoms with van der Waals surface area (Å²) in [5.41, 5.74) is 4.01. The lowest BCUT2D eigenvalue weighted by Crippen LogP contribution is -2.49. The van der Waals surface area contributed by atoms with Crippen molar-refractivity contribution in [3.05, 3.63) is 83.7 Å². The van der Waals surface area contributed by atoms with Gasteiger partial charge in [-0.1, -0.05) is 38.1 Å². The molecule has 3 amide bonds. The first-order valence-electron chi connectivity index (χ1n) is 12.6. The maximum atomic E-state index is 13.7. The molecule has 3 aromatic rings. The fourth-order valence-corrected chi connectivity index (χ4v) is 4.65. The molecule has 1 unspecified atom stereocenters. The van der Waals surface area contributed by atoms with E-state index < -0.39 is 0 Å². The number of amides is 3. The number of hydrogen-bond donors (Lipinski definition) is 1. The summed E-state index contributed by atoms with van der Waals surface area (Å²) in [5, 5.41) is 2.88. The fraction of sp³-hybridized carbons (Fsp3) is 0.379. The smallest absolute Gasteiger partial charge is 0.322 e. The van der Waals surface area contributed by atoms with Gasteiger partial charge in [-0.15, -0.1) is 0 Å². The van der Waals surface area contributed by atoms with Crippen molar-refractivity contribution < 1.29 is 19.1 Å². The van der Waals surface area contributed by atoms with Gasteiger partial charge in [-0.25, -0.2) is 4.79 Å². The van der Waals surface area contributed by atoms with Crippen molar-refractivity contribution >= 4 is 17.6 Å². The Balaban J connectivity index is 1.54. The average molecular weight is 505 g/mol. The summed E-state index contributed by atoms with van der Waals surface area (Å²) in [6.07, 6.45) is 2.06. The van der Waals surface area contributed by atoms with Gasteiger partial charge in [0.25, 0.3) is 0 Å². The molecule has 1 aromatic heterocycles. The number of methoxy groups -OCH3 is 2. The molecule has 0 spiro atoms. The van der Waals surface area contributed by atoms with Crippen molar-refractivity contribution in [2.24, 2.45) is 0 Å². The van der Waals surface area contributed by atoms with Crippen molar-refractivity contribution in [1.29, 1.82) is 0 Å². The first-order chi connectivity index (χ1) is 17.9. The highest BCUT2D eigenvalue weighted by Gasteiger charge is 2.33. The van der Waals surface area contributed by atoms with Crippen LogP contribution in [0.2, 0.25) is 0 Å². The molecule has 0 saturated carbocycles. The van der Waals surface area contributed by atoms with Gasteiger partial charge in [0.15, 0.2) is 0 Å². The van der Waals surface area contributed by atoms with E-state index in [1.807, 2.05) is 11.0 Å². The molecule has 8 heteroatoms. The lowest BCUT2D eigenvalue weighted by atomic mass is 9.95. The van der Waals surface area contributed by atoms with Crippen molar-refractivity contribution in [3.8, 4) is 5.75 Å². The van der Waals surface area contributed by atoms with Crippen molar-refractivity contribution in [2.45, 2.75) is 32.4 Å². The van der Waals surface area contributed by atoms with Gasteiger partial charge in [0.1, 0.15) is 12.3 Å². The number of aromatic nitrogens is 1. The number of urea groups is 1. The van der Waals surface area contributed by atoms with Gasteiger partial charge >= 0.3 is 6.03 Å². The molecular formula is C29H36N4O4. The van der Waals surface area contributed by atoms with Crippen LogP contribution >= 0.6 is 0 Å². The Hall–Kier alpha value is -3.78. The molecule has 2 aromatic carbocycles. The van der Waals surface area contributed by atoms with Gasteiger partial charge in [0.2, 0.25) is 5.91 Å². The van der Waals surface area contributed by atoms with Crippen molar-refractivity contribution in [2.75, 3.05) is 45.8 Å². The molecule has 37 heavy (non-hydrogen) atoms. The maximum absolute atomic E-state index is 13.7. The quantitative estimate of drug-likeness (QED) is 0.457. The number of nitrogens with zero attached hydrogens (tertiary/aromatic N) is 3. The number of rotatable bonds is 9. The predicted octanol–water partition coefficient (Wildman–Crippen LogP) is 4.73. The number of ether oxygens (including phenoxy) is 2. The van der Waals surface area contributed by atoms with Crippen molar-refractivity contribution in [3.63, 3.8) is 0 Å². The molecule has 1 aliphatic rings. The molecule has 1 atom stereocenters. The van der Waals surface area contributed by atoms with E-state index >= 15 is 0 Å². The van der Waals surface area contributed by atoms with Gasteiger partial charge in [0, 0.05) is 44.3 Å². The largest absolute Gasteiger partial charge is 0.497 e. The summed E-state index contributed by atoms with van der Waals surface area (Å²) >= 11 is 0. The third-order valence-electron chi connectivity index (χ3n) is 6.80. The van der Waals surface area contributed by atoms with E-state index in [-0.39, 0.29) is 24.5 Å². The second kappa shape index (κ2) is 12.0. The average Bonchev–Trinajstić information content (AvgIpc) is 3.40. The van der Waals surface area contributed by atoms with E-state index in [0.29, 0.717) is 43.6 Å². The number of benzene rings is 2. The van der Waals surface area contributed by atoms with Gasteiger partial charge in [-0.05, 0) is 53.4 Å². The van der Waals surface area contributed by atoms with Crippen LogP contribution in [0.4, 0.5) is 10.5 Å². The second-order valence-electron chi connectivity index (χ2n) is 9.51.